The summed E-state index contributed by atoms with van der Waals surface area (Å²) in [6.07, 6.45) is 2.28. The van der Waals surface area contributed by atoms with Gasteiger partial charge in [0.2, 0.25) is 0 Å². The van der Waals surface area contributed by atoms with E-state index in [9.17, 15) is 4.79 Å². The van der Waals surface area contributed by atoms with Crippen molar-refractivity contribution in [1.29, 1.82) is 0 Å². The standard InChI is InChI=1S/C16H12ClNO2/c17-15-11-14(9-10-18-15)6-5-12-1-3-13(4-2-12)7-8-16(19)20/h1-4,9-11H,7-8H2,(H,19,20). The first-order valence-corrected chi connectivity index (χ1v) is 6.45. The third-order valence-corrected chi connectivity index (χ3v) is 2.87. The first-order chi connectivity index (χ1) is 9.63. The van der Waals surface area contributed by atoms with E-state index in [0.717, 1.165) is 16.7 Å². The van der Waals surface area contributed by atoms with Crippen LogP contribution in [0.2, 0.25) is 5.15 Å². The number of hydrogen-bond acceptors (Lipinski definition) is 2. The average molecular weight is 286 g/mol. The van der Waals surface area contributed by atoms with Crippen molar-refractivity contribution in [3.8, 4) is 11.8 Å². The smallest absolute Gasteiger partial charge is 0.303 e. The molecule has 0 saturated heterocycles. The summed E-state index contributed by atoms with van der Waals surface area (Å²) in [4.78, 5) is 14.4. The van der Waals surface area contributed by atoms with Crippen LogP contribution in [0.15, 0.2) is 42.6 Å². The van der Waals surface area contributed by atoms with Crippen LogP contribution in [0, 0.1) is 11.8 Å². The van der Waals surface area contributed by atoms with Crippen LogP contribution in [0.4, 0.5) is 0 Å². The van der Waals surface area contributed by atoms with Crippen molar-refractivity contribution in [2.24, 2.45) is 0 Å². The lowest BCUT2D eigenvalue weighted by atomic mass is 10.1. The van der Waals surface area contributed by atoms with Gasteiger partial charge < -0.3 is 5.11 Å². The molecule has 0 bridgehead atoms. The van der Waals surface area contributed by atoms with Gasteiger partial charge in [0.05, 0.1) is 0 Å². The number of rotatable bonds is 3. The molecule has 0 aliphatic heterocycles. The molecule has 1 aromatic heterocycles. The number of benzene rings is 1. The number of pyridine rings is 1. The number of nitrogens with zero attached hydrogens (tertiary/aromatic N) is 1. The van der Waals surface area contributed by atoms with Crippen LogP contribution >= 0.6 is 11.6 Å². The Labute approximate surface area is 122 Å². The van der Waals surface area contributed by atoms with Crippen LogP contribution in [0.3, 0.4) is 0 Å². The Morgan fingerprint density at radius 3 is 2.50 bits per heavy atom. The fraction of sp³-hybridized carbons (Fsp3) is 0.125. The summed E-state index contributed by atoms with van der Waals surface area (Å²) in [5, 5.41) is 9.04. The van der Waals surface area contributed by atoms with Crippen molar-refractivity contribution >= 4 is 17.6 Å². The number of hydrogen-bond donors (Lipinski definition) is 1. The molecule has 100 valence electrons. The molecule has 0 aliphatic rings. The highest BCUT2D eigenvalue weighted by Crippen LogP contribution is 2.08. The lowest BCUT2D eigenvalue weighted by molar-refractivity contribution is -0.136. The molecule has 20 heavy (non-hydrogen) atoms. The Morgan fingerprint density at radius 1 is 1.15 bits per heavy atom. The predicted molar refractivity (Wildman–Crippen MR) is 77.6 cm³/mol. The summed E-state index contributed by atoms with van der Waals surface area (Å²) in [6, 6.07) is 11.1. The fourth-order valence-electron chi connectivity index (χ4n) is 1.63. The Hall–Kier alpha value is -2.31. The zero-order valence-electron chi connectivity index (χ0n) is 10.6. The van der Waals surface area contributed by atoms with E-state index >= 15 is 0 Å². The maximum absolute atomic E-state index is 10.5. The van der Waals surface area contributed by atoms with Gasteiger partial charge in [0, 0.05) is 23.7 Å². The van der Waals surface area contributed by atoms with Crippen LogP contribution in [0.25, 0.3) is 0 Å². The second kappa shape index (κ2) is 6.74. The first-order valence-electron chi connectivity index (χ1n) is 6.08. The molecule has 0 unspecified atom stereocenters. The molecule has 0 amide bonds. The molecule has 1 heterocycles. The molecule has 1 N–H and O–H groups in total. The highest BCUT2D eigenvalue weighted by Gasteiger charge is 1.98. The molecule has 0 fully saturated rings. The van der Waals surface area contributed by atoms with Gasteiger partial charge in [-0.1, -0.05) is 35.6 Å². The molecule has 4 heteroatoms. The summed E-state index contributed by atoms with van der Waals surface area (Å²) in [6.45, 7) is 0. The summed E-state index contributed by atoms with van der Waals surface area (Å²) >= 11 is 5.78. The minimum atomic E-state index is -0.788. The molecule has 0 aliphatic carbocycles. The number of aliphatic carboxylic acids is 1. The third kappa shape index (κ3) is 4.42. The maximum Gasteiger partial charge on any atom is 0.303 e. The van der Waals surface area contributed by atoms with E-state index in [1.807, 2.05) is 24.3 Å². The molecule has 0 radical (unpaired) electrons. The van der Waals surface area contributed by atoms with Gasteiger partial charge in [-0.2, -0.15) is 0 Å². The van der Waals surface area contributed by atoms with E-state index in [1.54, 1.807) is 18.3 Å². The van der Waals surface area contributed by atoms with Gasteiger partial charge in [0.1, 0.15) is 5.15 Å². The lowest BCUT2D eigenvalue weighted by Crippen LogP contribution is -1.97. The highest BCUT2D eigenvalue weighted by atomic mass is 35.5. The van der Waals surface area contributed by atoms with E-state index in [2.05, 4.69) is 16.8 Å². The topological polar surface area (TPSA) is 50.2 Å². The van der Waals surface area contributed by atoms with E-state index < -0.39 is 5.97 Å². The Kier molecular flexibility index (Phi) is 4.75. The highest BCUT2D eigenvalue weighted by molar-refractivity contribution is 6.29. The van der Waals surface area contributed by atoms with E-state index in [4.69, 9.17) is 16.7 Å². The molecular weight excluding hydrogens is 274 g/mol. The summed E-state index contributed by atoms with van der Waals surface area (Å²) in [5.41, 5.74) is 2.67. The number of aryl methyl sites for hydroxylation is 1. The van der Waals surface area contributed by atoms with Crippen LogP contribution in [-0.4, -0.2) is 16.1 Å². The maximum atomic E-state index is 10.5. The SMILES string of the molecule is O=C(O)CCc1ccc(C#Cc2ccnc(Cl)c2)cc1. The Balaban J connectivity index is 2.06. The predicted octanol–water partition coefficient (Wildman–Crippen LogP) is 3.15. The number of halogens is 1. The van der Waals surface area contributed by atoms with E-state index in [-0.39, 0.29) is 6.42 Å². The second-order valence-electron chi connectivity index (χ2n) is 4.21. The minimum Gasteiger partial charge on any atom is -0.481 e. The zero-order valence-corrected chi connectivity index (χ0v) is 11.4. The molecule has 0 spiro atoms. The van der Waals surface area contributed by atoms with Crippen LogP contribution in [0.1, 0.15) is 23.1 Å². The Morgan fingerprint density at radius 2 is 1.85 bits per heavy atom. The van der Waals surface area contributed by atoms with Gasteiger partial charge in [0.25, 0.3) is 0 Å². The van der Waals surface area contributed by atoms with Gasteiger partial charge in [-0.15, -0.1) is 0 Å². The van der Waals surface area contributed by atoms with Crippen molar-refractivity contribution < 1.29 is 9.90 Å². The van der Waals surface area contributed by atoms with Crippen molar-refractivity contribution in [2.75, 3.05) is 0 Å². The molecule has 3 nitrogen and oxygen atoms in total. The molecule has 1 aromatic carbocycles. The Bertz CT molecular complexity index is 669. The summed E-state index contributed by atoms with van der Waals surface area (Å²) in [7, 11) is 0. The second-order valence-corrected chi connectivity index (χ2v) is 4.60. The largest absolute Gasteiger partial charge is 0.481 e. The number of carboxylic acids is 1. The van der Waals surface area contributed by atoms with Crippen molar-refractivity contribution in [3.63, 3.8) is 0 Å². The zero-order chi connectivity index (χ0) is 14.4. The average Bonchev–Trinajstić information content (AvgIpc) is 2.44. The lowest BCUT2D eigenvalue weighted by Gasteiger charge is -1.98. The van der Waals surface area contributed by atoms with Crippen molar-refractivity contribution in [1.82, 2.24) is 4.98 Å². The van der Waals surface area contributed by atoms with Gasteiger partial charge in [-0.25, -0.2) is 4.98 Å². The number of aromatic nitrogens is 1. The minimum absolute atomic E-state index is 0.139. The molecule has 0 saturated carbocycles. The molecule has 2 rings (SSSR count). The summed E-state index contributed by atoms with van der Waals surface area (Å²) in [5.74, 6) is 5.24. The van der Waals surface area contributed by atoms with Crippen LogP contribution in [0.5, 0.6) is 0 Å². The quantitative estimate of drug-likeness (QED) is 0.696. The van der Waals surface area contributed by atoms with E-state index in [1.165, 1.54) is 0 Å². The van der Waals surface area contributed by atoms with Crippen LogP contribution in [-0.2, 0) is 11.2 Å². The van der Waals surface area contributed by atoms with Crippen LogP contribution < -0.4 is 0 Å². The van der Waals surface area contributed by atoms with Crippen molar-refractivity contribution in [3.05, 3.63) is 64.4 Å². The normalized spacial score (nSPS) is 9.65. The number of carbonyl (C=O) groups is 1. The molecule has 0 atom stereocenters. The van der Waals surface area contributed by atoms with Gasteiger partial charge in [0.15, 0.2) is 0 Å². The summed E-state index contributed by atoms with van der Waals surface area (Å²) < 4.78 is 0. The number of carboxylic acid groups (broad SMARTS) is 1. The van der Waals surface area contributed by atoms with E-state index in [0.29, 0.717) is 11.6 Å². The van der Waals surface area contributed by atoms with Gasteiger partial charge >= 0.3 is 5.97 Å². The molecular formula is C16H12ClNO2. The van der Waals surface area contributed by atoms with Gasteiger partial charge in [-0.3, -0.25) is 4.79 Å². The fourth-order valence-corrected chi connectivity index (χ4v) is 1.80. The monoisotopic (exact) mass is 285 g/mol. The van der Waals surface area contributed by atoms with Crippen molar-refractivity contribution in [2.45, 2.75) is 12.8 Å². The third-order valence-electron chi connectivity index (χ3n) is 2.66. The molecule has 2 aromatic rings. The first kappa shape index (κ1) is 14.1. The van der Waals surface area contributed by atoms with Gasteiger partial charge in [-0.05, 0) is 36.2 Å².